The topological polar surface area (TPSA) is 6.48 Å². The lowest BCUT2D eigenvalue weighted by atomic mass is 9.91. The van der Waals surface area contributed by atoms with Gasteiger partial charge in [0.25, 0.3) is 0 Å². The number of nitrogens with zero attached hydrogens (tertiary/aromatic N) is 2. The van der Waals surface area contributed by atoms with Gasteiger partial charge < -0.3 is 9.80 Å². The second-order valence-corrected chi connectivity index (χ2v) is 15.7. The molecule has 0 saturated heterocycles. The van der Waals surface area contributed by atoms with E-state index in [1.807, 2.05) is 23.5 Å². The summed E-state index contributed by atoms with van der Waals surface area (Å²) >= 11 is 3.79. The molecular weight excluding hydrogens is 669 g/mol. The maximum atomic E-state index is 2.37. The lowest BCUT2D eigenvalue weighted by Crippen LogP contribution is -2.10. The van der Waals surface area contributed by atoms with Crippen molar-refractivity contribution in [2.24, 2.45) is 0 Å². The molecule has 248 valence electrons. The van der Waals surface area contributed by atoms with E-state index in [-0.39, 0.29) is 0 Å². The van der Waals surface area contributed by atoms with Gasteiger partial charge in [-0.05, 0) is 121 Å². The maximum Gasteiger partial charge on any atom is 0.0473 e. The Bertz CT molecular complexity index is 2450. The lowest BCUT2D eigenvalue weighted by Gasteiger charge is -2.30. The summed E-state index contributed by atoms with van der Waals surface area (Å²) in [4.78, 5) is 9.91. The van der Waals surface area contributed by atoms with Gasteiger partial charge in [-0.2, -0.15) is 0 Å². The third-order valence-corrected chi connectivity index (χ3v) is 12.4. The molecular formula is C48H34N2S2. The van der Waals surface area contributed by atoms with Crippen LogP contribution in [0.3, 0.4) is 0 Å². The van der Waals surface area contributed by atoms with Gasteiger partial charge in [0.05, 0.1) is 0 Å². The summed E-state index contributed by atoms with van der Waals surface area (Å²) in [5, 5.41) is 2.73. The SMILES string of the molecule is Cc1ccc(N(c2ccccc2)c2ccc3c(c2)Sc2ccc4c5c(ccc-3c25)-c2ccc(N(c3ccccc3)c3ccc(C)cc3)cc2S4)cc1. The second-order valence-electron chi connectivity index (χ2n) is 13.6. The molecule has 2 heterocycles. The summed E-state index contributed by atoms with van der Waals surface area (Å²) in [6.07, 6.45) is 0. The summed E-state index contributed by atoms with van der Waals surface area (Å²) in [5.74, 6) is 0. The Morgan fingerprint density at radius 2 is 0.654 bits per heavy atom. The molecule has 0 N–H and O–H groups in total. The first kappa shape index (κ1) is 31.1. The first-order valence-electron chi connectivity index (χ1n) is 17.7. The molecule has 10 rings (SSSR count). The Balaban J connectivity index is 1.06. The fourth-order valence-electron chi connectivity index (χ4n) is 7.64. The molecule has 0 aliphatic carbocycles. The molecule has 52 heavy (non-hydrogen) atoms. The highest BCUT2D eigenvalue weighted by molar-refractivity contribution is 8.00. The number of benzene rings is 8. The zero-order valence-electron chi connectivity index (χ0n) is 28.9. The van der Waals surface area contributed by atoms with Crippen molar-refractivity contribution in [3.05, 3.63) is 181 Å². The van der Waals surface area contributed by atoms with Gasteiger partial charge >= 0.3 is 0 Å². The summed E-state index contributed by atoms with van der Waals surface area (Å²) in [5.41, 5.74) is 14.7. The number of para-hydroxylation sites is 2. The van der Waals surface area contributed by atoms with Gasteiger partial charge in [-0.1, -0.05) is 120 Å². The normalized spacial score (nSPS) is 12.3. The van der Waals surface area contributed by atoms with Crippen molar-refractivity contribution in [1.82, 2.24) is 0 Å². The van der Waals surface area contributed by atoms with Crippen molar-refractivity contribution < 1.29 is 0 Å². The molecule has 2 aliphatic rings. The Labute approximate surface area is 313 Å². The van der Waals surface area contributed by atoms with E-state index < -0.39 is 0 Å². The molecule has 4 heteroatoms. The van der Waals surface area contributed by atoms with Crippen LogP contribution in [0.5, 0.6) is 0 Å². The average Bonchev–Trinajstić information content (AvgIpc) is 3.19. The molecule has 8 aromatic carbocycles. The molecule has 8 aromatic rings. The van der Waals surface area contributed by atoms with Crippen LogP contribution in [-0.2, 0) is 0 Å². The first-order valence-corrected chi connectivity index (χ1v) is 19.3. The lowest BCUT2D eigenvalue weighted by molar-refractivity contribution is 1.25. The van der Waals surface area contributed by atoms with Gasteiger partial charge in [-0.25, -0.2) is 0 Å². The fourth-order valence-corrected chi connectivity index (χ4v) is 9.95. The minimum atomic E-state index is 1.15. The molecule has 0 atom stereocenters. The summed E-state index contributed by atoms with van der Waals surface area (Å²) in [7, 11) is 0. The molecule has 0 aromatic heterocycles. The van der Waals surface area contributed by atoms with E-state index in [2.05, 4.69) is 194 Å². The Hall–Kier alpha value is -5.68. The smallest absolute Gasteiger partial charge is 0.0473 e. The van der Waals surface area contributed by atoms with E-state index in [9.17, 15) is 0 Å². The van der Waals surface area contributed by atoms with Crippen molar-refractivity contribution in [2.45, 2.75) is 33.4 Å². The third-order valence-electron chi connectivity index (χ3n) is 10.2. The van der Waals surface area contributed by atoms with Crippen molar-refractivity contribution in [1.29, 1.82) is 0 Å². The molecule has 0 fully saturated rings. The van der Waals surface area contributed by atoms with E-state index in [0.717, 1.165) is 34.1 Å². The third kappa shape index (κ3) is 5.21. The molecule has 0 amide bonds. The van der Waals surface area contributed by atoms with Crippen molar-refractivity contribution >= 4 is 68.4 Å². The number of hydrogen-bond donors (Lipinski definition) is 0. The monoisotopic (exact) mass is 702 g/mol. The molecule has 0 saturated carbocycles. The average molecular weight is 703 g/mol. The van der Waals surface area contributed by atoms with Crippen LogP contribution in [0, 0.1) is 13.8 Å². The van der Waals surface area contributed by atoms with E-state index in [1.165, 1.54) is 63.7 Å². The van der Waals surface area contributed by atoms with Gasteiger partial charge in [-0.3, -0.25) is 0 Å². The van der Waals surface area contributed by atoms with Crippen LogP contribution >= 0.6 is 23.5 Å². The van der Waals surface area contributed by atoms with Crippen LogP contribution < -0.4 is 9.80 Å². The quantitative estimate of drug-likeness (QED) is 0.170. The summed E-state index contributed by atoms with van der Waals surface area (Å²) < 4.78 is 0. The van der Waals surface area contributed by atoms with E-state index in [0.29, 0.717) is 0 Å². The number of hydrogen-bond acceptors (Lipinski definition) is 4. The number of rotatable bonds is 6. The summed E-state index contributed by atoms with van der Waals surface area (Å²) in [6.45, 7) is 4.28. The zero-order chi connectivity index (χ0) is 34.8. The van der Waals surface area contributed by atoms with E-state index >= 15 is 0 Å². The Morgan fingerprint density at radius 1 is 0.308 bits per heavy atom. The Morgan fingerprint density at radius 3 is 1.06 bits per heavy atom. The maximum absolute atomic E-state index is 2.37. The highest BCUT2D eigenvalue weighted by Crippen LogP contribution is 2.57. The van der Waals surface area contributed by atoms with Gasteiger partial charge in [0.2, 0.25) is 0 Å². The first-order chi connectivity index (χ1) is 25.6. The molecule has 2 nitrogen and oxygen atoms in total. The fraction of sp³-hybridized carbons (Fsp3) is 0.0417. The van der Waals surface area contributed by atoms with Crippen LogP contribution in [0.2, 0.25) is 0 Å². The van der Waals surface area contributed by atoms with Gasteiger partial charge in [0.1, 0.15) is 0 Å². The zero-order valence-corrected chi connectivity index (χ0v) is 30.5. The minimum Gasteiger partial charge on any atom is -0.310 e. The standard InChI is InChI=1S/C48H34N2S2/c1-31-13-17-35(18-14-31)49(33-9-5-3-6-10-33)37-21-23-39-41-25-26-42-40-24-22-38(50(34-11-7-4-8-12-34)36-19-15-32(2)16-20-36)30-46(40)52-44-28-27-43(47(41)48(42)44)51-45(39)29-37/h3-30H,1-2H3. The molecule has 0 unspecified atom stereocenters. The highest BCUT2D eigenvalue weighted by Gasteiger charge is 2.28. The predicted octanol–water partition coefficient (Wildman–Crippen LogP) is 14.7. The van der Waals surface area contributed by atoms with Crippen LogP contribution in [0.4, 0.5) is 34.1 Å². The Kier molecular flexibility index (Phi) is 7.49. The second kappa shape index (κ2) is 12.5. The minimum absolute atomic E-state index is 1.15. The van der Waals surface area contributed by atoms with Crippen LogP contribution in [0.1, 0.15) is 11.1 Å². The van der Waals surface area contributed by atoms with Gasteiger partial charge in [-0.15, -0.1) is 0 Å². The van der Waals surface area contributed by atoms with E-state index in [1.54, 1.807) is 0 Å². The molecule has 0 bridgehead atoms. The van der Waals surface area contributed by atoms with Crippen molar-refractivity contribution in [2.75, 3.05) is 9.80 Å². The molecule has 2 aliphatic heterocycles. The van der Waals surface area contributed by atoms with Gasteiger partial charge in [0, 0.05) is 64.5 Å². The van der Waals surface area contributed by atoms with Crippen molar-refractivity contribution in [3.8, 4) is 22.3 Å². The van der Waals surface area contributed by atoms with Gasteiger partial charge in [0.15, 0.2) is 0 Å². The highest BCUT2D eigenvalue weighted by atomic mass is 32.2. The predicted molar refractivity (Wildman–Crippen MR) is 222 cm³/mol. The number of fused-ring (bicyclic) bond motifs is 4. The van der Waals surface area contributed by atoms with Crippen LogP contribution in [-0.4, -0.2) is 0 Å². The summed E-state index contributed by atoms with van der Waals surface area (Å²) in [6, 6.07) is 62.3. The van der Waals surface area contributed by atoms with E-state index in [4.69, 9.17) is 0 Å². The number of anilines is 6. The van der Waals surface area contributed by atoms with Crippen molar-refractivity contribution in [3.63, 3.8) is 0 Å². The number of aryl methyl sites for hydroxylation is 2. The van der Waals surface area contributed by atoms with Crippen LogP contribution in [0.15, 0.2) is 189 Å². The molecule has 0 radical (unpaired) electrons. The van der Waals surface area contributed by atoms with Crippen LogP contribution in [0.25, 0.3) is 33.0 Å². The largest absolute Gasteiger partial charge is 0.310 e. The molecule has 0 spiro atoms.